The van der Waals surface area contributed by atoms with Crippen LogP contribution < -0.4 is 37.2 Å². The summed E-state index contributed by atoms with van der Waals surface area (Å²) in [5.74, 6) is -1.42. The number of amides is 7. The fourth-order valence-electron chi connectivity index (χ4n) is 10.8. The third-order valence-corrected chi connectivity index (χ3v) is 16.0. The van der Waals surface area contributed by atoms with Crippen molar-refractivity contribution in [3.8, 4) is 11.1 Å². The summed E-state index contributed by atoms with van der Waals surface area (Å²) in [6, 6.07) is 14.8. The summed E-state index contributed by atoms with van der Waals surface area (Å²) in [5.41, 5.74) is 4.24. The maximum Gasteiger partial charge on any atom is 0.407 e. The van der Waals surface area contributed by atoms with E-state index in [9.17, 15) is 33.6 Å². The van der Waals surface area contributed by atoms with Crippen molar-refractivity contribution in [1.29, 1.82) is 0 Å². The average molecular weight is 1250 g/mol. The van der Waals surface area contributed by atoms with Gasteiger partial charge in [-0.2, -0.15) is 0 Å². The molecule has 1 aliphatic carbocycles. The number of unbranched alkanes of at least 4 members (excludes halogenated alkanes) is 24. The van der Waals surface area contributed by atoms with Gasteiger partial charge in [0.05, 0.1) is 52.9 Å². The van der Waals surface area contributed by atoms with E-state index in [1.807, 2.05) is 48.5 Å². The Morgan fingerprint density at radius 3 is 1.03 bits per heavy atom. The first-order valence-electron chi connectivity index (χ1n) is 34.7. The lowest BCUT2D eigenvalue weighted by Crippen LogP contribution is -2.48. The Morgan fingerprint density at radius 2 is 0.663 bits per heavy atom. The Bertz CT molecular complexity index is 2160. The Labute approximate surface area is 534 Å². The van der Waals surface area contributed by atoms with E-state index in [0.29, 0.717) is 65.4 Å². The van der Waals surface area contributed by atoms with Gasteiger partial charge in [0.1, 0.15) is 12.6 Å². The minimum atomic E-state index is -1.11. The Hall–Kier alpha value is -5.63. The summed E-state index contributed by atoms with van der Waals surface area (Å²) in [6.07, 6.45) is 33.3. The monoisotopic (exact) mass is 1250 g/mol. The number of ether oxygens (including phenoxy) is 5. The summed E-state index contributed by atoms with van der Waals surface area (Å²) in [4.78, 5) is 88.8. The van der Waals surface area contributed by atoms with Gasteiger partial charge < -0.3 is 60.9 Å². The van der Waals surface area contributed by atoms with Crippen molar-refractivity contribution >= 4 is 41.5 Å². The molecule has 1 atom stereocenters. The highest BCUT2D eigenvalue weighted by Crippen LogP contribution is 2.44. The van der Waals surface area contributed by atoms with Crippen LogP contribution in [0.3, 0.4) is 0 Å². The number of hydrogen-bond acceptors (Lipinski definition) is 12. The Kier molecular flexibility index (Phi) is 47.2. The first kappa shape index (κ1) is 77.6. The highest BCUT2D eigenvalue weighted by molar-refractivity contribution is 5.87. The van der Waals surface area contributed by atoms with Crippen LogP contribution in [0.1, 0.15) is 236 Å². The summed E-state index contributed by atoms with van der Waals surface area (Å²) in [7, 11) is 0. The lowest BCUT2D eigenvalue weighted by molar-refractivity contribution is -0.125. The molecule has 19 nitrogen and oxygen atoms in total. The summed E-state index contributed by atoms with van der Waals surface area (Å²) in [6.45, 7) is 8.15. The second-order valence-electron chi connectivity index (χ2n) is 23.5. The van der Waals surface area contributed by atoms with Crippen LogP contribution >= 0.6 is 0 Å². The molecule has 89 heavy (non-hydrogen) atoms. The summed E-state index contributed by atoms with van der Waals surface area (Å²) in [5, 5.41) is 19.5. The predicted molar refractivity (Wildman–Crippen MR) is 352 cm³/mol. The van der Waals surface area contributed by atoms with Crippen molar-refractivity contribution in [3.05, 3.63) is 59.7 Å². The first-order chi connectivity index (χ1) is 43.6. The molecule has 0 spiro atoms. The van der Waals surface area contributed by atoms with E-state index >= 15 is 0 Å². The van der Waals surface area contributed by atoms with Crippen LogP contribution in [0, 0.1) is 0 Å². The third-order valence-electron chi connectivity index (χ3n) is 16.0. The molecule has 2 aromatic carbocycles. The van der Waals surface area contributed by atoms with Gasteiger partial charge in [0, 0.05) is 77.3 Å². The molecule has 0 fully saturated rings. The van der Waals surface area contributed by atoms with Crippen LogP contribution in [-0.4, -0.2) is 146 Å². The van der Waals surface area contributed by atoms with Crippen LogP contribution in [0.2, 0.25) is 0 Å². The first-order valence-corrected chi connectivity index (χ1v) is 34.7. The van der Waals surface area contributed by atoms with Gasteiger partial charge in [0.25, 0.3) is 0 Å². The van der Waals surface area contributed by atoms with Gasteiger partial charge in [0.2, 0.25) is 35.4 Å². The van der Waals surface area contributed by atoms with Crippen molar-refractivity contribution in [3.63, 3.8) is 0 Å². The predicted octanol–water partition coefficient (Wildman–Crippen LogP) is 11.2. The topological polar surface area (TPSA) is 250 Å². The molecular weight excluding hydrogens is 1130 g/mol. The molecule has 2 aromatic rings. The zero-order chi connectivity index (χ0) is 63.9. The van der Waals surface area contributed by atoms with Gasteiger partial charge >= 0.3 is 6.09 Å². The largest absolute Gasteiger partial charge is 0.449 e. The highest BCUT2D eigenvalue weighted by atomic mass is 16.5. The van der Waals surface area contributed by atoms with Crippen molar-refractivity contribution in [2.24, 2.45) is 0 Å². The van der Waals surface area contributed by atoms with Gasteiger partial charge in [0.15, 0.2) is 0 Å². The summed E-state index contributed by atoms with van der Waals surface area (Å²) < 4.78 is 28.0. The quantitative estimate of drug-likeness (QED) is 0.0306. The van der Waals surface area contributed by atoms with E-state index in [0.717, 1.165) is 47.9 Å². The molecule has 19 heteroatoms. The number of nitrogens with one attached hydrogen (secondary N) is 7. The second kappa shape index (κ2) is 54.1. The van der Waals surface area contributed by atoms with Crippen LogP contribution in [0.5, 0.6) is 0 Å². The lowest BCUT2D eigenvalue weighted by atomic mass is 9.98. The third kappa shape index (κ3) is 40.7. The van der Waals surface area contributed by atoms with E-state index in [4.69, 9.17) is 23.7 Å². The number of benzene rings is 2. The maximum absolute atomic E-state index is 13.5. The SMILES string of the molecule is CCCCCCCCCCCCCCCC(=O)NCCOCCNC(=O)CCOCCNC(=O)CC[C@H](NC(=O)OCC1c2ccccc2-c2ccccc21)C(=O)NCCOCCC(=O)NCCOCCNC(=O)CCCCCCCCCCCCCCC. The molecule has 7 amide bonds. The van der Waals surface area contributed by atoms with Gasteiger partial charge in [-0.3, -0.25) is 28.8 Å². The van der Waals surface area contributed by atoms with Gasteiger partial charge in [-0.25, -0.2) is 4.79 Å². The van der Waals surface area contributed by atoms with Crippen LogP contribution in [0.15, 0.2) is 48.5 Å². The highest BCUT2D eigenvalue weighted by Gasteiger charge is 2.30. The molecule has 7 N–H and O–H groups in total. The smallest absolute Gasteiger partial charge is 0.407 e. The van der Waals surface area contributed by atoms with Gasteiger partial charge in [-0.1, -0.05) is 216 Å². The Morgan fingerprint density at radius 1 is 0.360 bits per heavy atom. The van der Waals surface area contributed by atoms with Crippen LogP contribution in [0.4, 0.5) is 4.79 Å². The average Bonchev–Trinajstić information content (AvgIpc) is 1.79. The fourth-order valence-corrected chi connectivity index (χ4v) is 10.8. The van der Waals surface area contributed by atoms with Gasteiger partial charge in [-0.15, -0.1) is 0 Å². The van der Waals surface area contributed by atoms with E-state index in [1.165, 1.54) is 141 Å². The molecule has 0 unspecified atom stereocenters. The molecule has 0 aliphatic heterocycles. The number of carbonyl (C=O) groups is 7. The Balaban J connectivity index is 1.22. The number of rotatable bonds is 59. The van der Waals surface area contributed by atoms with Crippen LogP contribution in [0.25, 0.3) is 11.1 Å². The molecule has 504 valence electrons. The van der Waals surface area contributed by atoms with E-state index in [2.05, 4.69) is 51.1 Å². The van der Waals surface area contributed by atoms with Crippen molar-refractivity contribution in [2.75, 3.05) is 98.7 Å². The number of carbonyl (C=O) groups excluding carboxylic acids is 7. The molecule has 0 saturated carbocycles. The summed E-state index contributed by atoms with van der Waals surface area (Å²) >= 11 is 0. The number of alkyl carbamates (subject to hydrolysis) is 1. The zero-order valence-electron chi connectivity index (χ0n) is 54.9. The van der Waals surface area contributed by atoms with Crippen molar-refractivity contribution in [1.82, 2.24) is 37.2 Å². The molecule has 0 radical (unpaired) electrons. The second-order valence-corrected chi connectivity index (χ2v) is 23.5. The normalized spacial score (nSPS) is 12.0. The molecule has 3 rings (SSSR count). The van der Waals surface area contributed by atoms with Gasteiger partial charge in [-0.05, 0) is 41.5 Å². The van der Waals surface area contributed by atoms with Crippen molar-refractivity contribution in [2.45, 2.75) is 231 Å². The molecule has 1 aliphatic rings. The molecule has 0 bridgehead atoms. The zero-order valence-corrected chi connectivity index (χ0v) is 54.9. The molecule has 0 aromatic heterocycles. The van der Waals surface area contributed by atoms with Crippen LogP contribution in [-0.2, 0) is 52.5 Å². The minimum Gasteiger partial charge on any atom is -0.449 e. The van der Waals surface area contributed by atoms with E-state index in [1.54, 1.807) is 0 Å². The minimum absolute atomic E-state index is 0.0281. The van der Waals surface area contributed by atoms with E-state index in [-0.39, 0.29) is 107 Å². The lowest BCUT2D eigenvalue weighted by Gasteiger charge is -2.20. The maximum atomic E-state index is 13.5. The van der Waals surface area contributed by atoms with Crippen molar-refractivity contribution < 1.29 is 57.2 Å². The molecule has 0 heterocycles. The molecular formula is C70H117N7O12. The fraction of sp³-hybridized carbons (Fsp3) is 0.729. The number of fused-ring (bicyclic) bond motifs is 3. The number of hydrogen-bond donors (Lipinski definition) is 7. The standard InChI is InChI=1S/C70H117N7O12/c1-3-5-7-9-11-13-15-17-19-21-23-25-27-37-64(78)71-44-52-87-54-46-74-67(81)41-49-85-51-43-73-66(80)40-39-63(77-70(84)89-57-62-60-35-31-29-33-58(60)59-34-30-32-36-61(59)62)69(83)76-48-56-86-50-42-68(82)75-47-55-88-53-45-72-65(79)38-28-26-24-22-20-18-16-14-12-10-8-6-4-2/h29-36,62-63H,3-28,37-57H2,1-2H3,(H,71,78)(H,72,79)(H,73,80)(H,74,81)(H,75,82)(H,76,83)(H,77,84)/t63-/m0/s1. The molecule has 0 saturated heterocycles. The van der Waals surface area contributed by atoms with E-state index < -0.39 is 18.0 Å².